The average Bonchev–Trinajstić information content (AvgIpc) is 3.96. The molecule has 0 radical (unpaired) electrons. The Morgan fingerprint density at radius 2 is 1.17 bits per heavy atom. The molecule has 7 nitrogen and oxygen atoms in total. The minimum atomic E-state index is -2.86. The molecule has 5 aromatic rings. The molecule has 4 aromatic carbocycles. The molecule has 0 fully saturated rings. The third-order valence-electron chi connectivity index (χ3n) is 11.5. The molecule has 10 heteroatoms. The summed E-state index contributed by atoms with van der Waals surface area (Å²) in [6.07, 6.45) is 20.1. The Morgan fingerprint density at radius 1 is 0.656 bits per heavy atom. The van der Waals surface area contributed by atoms with Crippen LogP contribution in [0.25, 0.3) is 34.9 Å². The van der Waals surface area contributed by atoms with Crippen LogP contribution < -0.4 is 25.4 Å². The number of hydrogen-bond donors (Lipinski definition) is 0. The van der Waals surface area contributed by atoms with E-state index < -0.39 is 18.3 Å². The minimum absolute atomic E-state index is 0.0500. The maximum Gasteiger partial charge on any atom is 0.678 e. The highest BCUT2D eigenvalue weighted by Gasteiger charge is 2.28. The van der Waals surface area contributed by atoms with Crippen LogP contribution in [0.3, 0.4) is 0 Å². The fraction of sp³-hybridized carbons (Fsp3) is 0.352. The van der Waals surface area contributed by atoms with Gasteiger partial charge in [0.2, 0.25) is 5.43 Å². The summed E-state index contributed by atoms with van der Waals surface area (Å²) < 4.78 is 37.4. The van der Waals surface area contributed by atoms with Gasteiger partial charge in [0.1, 0.15) is 0 Å². The van der Waals surface area contributed by atoms with E-state index in [0.717, 1.165) is 98.8 Å². The van der Waals surface area contributed by atoms with E-state index >= 15 is 8.63 Å². The molecule has 2 heterocycles. The lowest BCUT2D eigenvalue weighted by atomic mass is 9.94. The highest BCUT2D eigenvalue weighted by atomic mass is 19.2. The van der Waals surface area contributed by atoms with Gasteiger partial charge < -0.3 is 19.0 Å². The van der Waals surface area contributed by atoms with Crippen molar-refractivity contribution in [3.63, 3.8) is 0 Å². The molecule has 64 heavy (non-hydrogen) atoms. The van der Waals surface area contributed by atoms with Crippen LogP contribution in [0.2, 0.25) is 0 Å². The SMILES string of the molecule is CCCCN(CCCC)c1ccc(/C=C/C2=NC(=C(\c3ccc(-c4c(OC(C)C)c(=O)c4=O)cc3)c3ccc(/C=C/c4ccc(N(CCCC)CCCC)cc4)n3B(F)F)/C=C2)cc1. The molecular formula is C54H63BF2N4O3. The number of rotatable bonds is 24. The van der Waals surface area contributed by atoms with Gasteiger partial charge in [0.15, 0.2) is 5.75 Å². The van der Waals surface area contributed by atoms with Gasteiger partial charge in [-0.2, -0.15) is 0 Å². The summed E-state index contributed by atoms with van der Waals surface area (Å²) in [6, 6.07) is 27.3. The van der Waals surface area contributed by atoms with Crippen molar-refractivity contribution >= 4 is 48.3 Å². The number of nitrogens with zero attached hydrogens (tertiary/aromatic N) is 4. The van der Waals surface area contributed by atoms with Gasteiger partial charge in [0.25, 0.3) is 5.43 Å². The molecule has 1 aliphatic rings. The predicted molar refractivity (Wildman–Crippen MR) is 268 cm³/mol. The molecule has 0 aliphatic carbocycles. The zero-order chi connectivity index (χ0) is 45.6. The average molecular weight is 865 g/mol. The van der Waals surface area contributed by atoms with Gasteiger partial charge in [-0.15, -0.1) is 0 Å². The third-order valence-corrected chi connectivity index (χ3v) is 11.5. The van der Waals surface area contributed by atoms with Crippen LogP contribution in [0.5, 0.6) is 5.75 Å². The highest BCUT2D eigenvalue weighted by molar-refractivity contribution is 6.42. The Hall–Kier alpha value is -6.03. The van der Waals surface area contributed by atoms with Gasteiger partial charge in [-0.05, 0) is 122 Å². The van der Waals surface area contributed by atoms with Gasteiger partial charge >= 0.3 is 7.40 Å². The monoisotopic (exact) mass is 864 g/mol. The number of aromatic nitrogens is 1. The van der Waals surface area contributed by atoms with Crippen LogP contribution in [0.1, 0.15) is 121 Å². The summed E-state index contributed by atoms with van der Waals surface area (Å²) in [7, 11) is -2.86. The number of anilines is 2. The third kappa shape index (κ3) is 11.8. The van der Waals surface area contributed by atoms with E-state index in [-0.39, 0.29) is 23.1 Å². The summed E-state index contributed by atoms with van der Waals surface area (Å²) >= 11 is 0. The van der Waals surface area contributed by atoms with Crippen molar-refractivity contribution in [2.24, 2.45) is 4.99 Å². The van der Waals surface area contributed by atoms with Gasteiger partial charge in [-0.25, -0.2) is 4.99 Å². The fourth-order valence-electron chi connectivity index (χ4n) is 7.93. The quantitative estimate of drug-likeness (QED) is 0.0457. The summed E-state index contributed by atoms with van der Waals surface area (Å²) in [4.78, 5) is 35.0. The number of benzene rings is 3. The van der Waals surface area contributed by atoms with Gasteiger partial charge in [0, 0.05) is 54.5 Å². The second-order valence-corrected chi connectivity index (χ2v) is 16.8. The van der Waals surface area contributed by atoms with Crippen LogP contribution >= 0.6 is 0 Å². The van der Waals surface area contributed by atoms with Crippen molar-refractivity contribution in [2.75, 3.05) is 36.0 Å². The zero-order valence-electron chi connectivity index (χ0n) is 38.5. The molecule has 0 unspecified atom stereocenters. The van der Waals surface area contributed by atoms with E-state index in [1.54, 1.807) is 56.3 Å². The molecule has 1 aromatic heterocycles. The van der Waals surface area contributed by atoms with Crippen molar-refractivity contribution in [1.82, 2.24) is 4.48 Å². The molecule has 1 aliphatic heterocycles. The number of aliphatic imine (C=N–C) groups is 1. The molecule has 0 N–H and O–H groups in total. The Morgan fingerprint density at radius 3 is 1.66 bits per heavy atom. The Bertz CT molecular complexity index is 2510. The molecule has 334 valence electrons. The minimum Gasteiger partial charge on any atom is -0.486 e. The smallest absolute Gasteiger partial charge is 0.486 e. The second kappa shape index (κ2) is 23.1. The van der Waals surface area contributed by atoms with E-state index in [2.05, 4.69) is 73.9 Å². The summed E-state index contributed by atoms with van der Waals surface area (Å²) in [6.45, 7) is 16.5. The second-order valence-electron chi connectivity index (χ2n) is 16.8. The lowest BCUT2D eigenvalue weighted by Crippen LogP contribution is -2.35. The molecule has 0 saturated heterocycles. The van der Waals surface area contributed by atoms with Crippen LogP contribution in [0.15, 0.2) is 123 Å². The summed E-state index contributed by atoms with van der Waals surface area (Å²) in [5, 5.41) is 0. The first-order chi connectivity index (χ1) is 31.1. The van der Waals surface area contributed by atoms with Crippen LogP contribution in [0.4, 0.5) is 20.0 Å². The van der Waals surface area contributed by atoms with E-state index in [1.165, 1.54) is 5.69 Å². The van der Waals surface area contributed by atoms with Gasteiger partial charge in [-0.1, -0.05) is 114 Å². The van der Waals surface area contributed by atoms with E-state index in [4.69, 9.17) is 9.73 Å². The largest absolute Gasteiger partial charge is 0.678 e. The number of ether oxygens (including phenoxy) is 1. The number of allylic oxidation sites excluding steroid dienone is 3. The van der Waals surface area contributed by atoms with E-state index in [0.29, 0.717) is 33.8 Å². The van der Waals surface area contributed by atoms with Crippen molar-refractivity contribution in [1.29, 1.82) is 0 Å². The van der Waals surface area contributed by atoms with Crippen molar-refractivity contribution in [3.05, 3.63) is 157 Å². The summed E-state index contributed by atoms with van der Waals surface area (Å²) in [5.74, 6) is 0.0500. The maximum atomic E-state index is 15.3. The number of unbranched alkanes of at least 4 members (excludes halogenated alkanes) is 4. The Balaban J connectivity index is 1.34. The first kappa shape index (κ1) is 47.5. The molecule has 0 amide bonds. The van der Waals surface area contributed by atoms with Crippen molar-refractivity contribution in [3.8, 4) is 16.9 Å². The lowest BCUT2D eigenvalue weighted by Gasteiger charge is -2.24. The number of halogens is 2. The predicted octanol–water partition coefficient (Wildman–Crippen LogP) is 12.8. The molecule has 6 rings (SSSR count). The first-order valence-corrected chi connectivity index (χ1v) is 23.2. The Labute approximate surface area is 379 Å². The standard InChI is InChI=1S/C54H63BF2N4O3/c1-7-11-35-59(36-12-8-2)45-27-16-40(17-28-45)15-25-44-26-33-48(58-44)50(42-21-23-43(24-22-42)51-52(62)53(63)54(51)64-39(5)6)49-34-32-47(61(49)55(56)57)31-20-41-18-29-46(30-19-41)60(37-13-9-3)38-14-10-4/h15-34,39H,7-14,35-38H2,1-6H3/b25-15+,31-20+,50-48+. The molecule has 0 bridgehead atoms. The normalized spacial score (nSPS) is 13.5. The van der Waals surface area contributed by atoms with Crippen LogP contribution in [-0.4, -0.2) is 49.9 Å². The fourth-order valence-corrected chi connectivity index (χ4v) is 7.93. The zero-order valence-corrected chi connectivity index (χ0v) is 38.5. The Kier molecular flexibility index (Phi) is 17.1. The van der Waals surface area contributed by atoms with Crippen LogP contribution in [0, 0.1) is 0 Å². The maximum absolute atomic E-state index is 15.3. The molecule has 0 atom stereocenters. The molecular weight excluding hydrogens is 801 g/mol. The highest BCUT2D eigenvalue weighted by Crippen LogP contribution is 2.35. The molecule has 0 spiro atoms. The number of hydrogen-bond acceptors (Lipinski definition) is 6. The van der Waals surface area contributed by atoms with Gasteiger partial charge in [-0.3, -0.25) is 18.2 Å². The topological polar surface area (TPSA) is 67.1 Å². The van der Waals surface area contributed by atoms with Crippen molar-refractivity contribution < 1.29 is 13.4 Å². The van der Waals surface area contributed by atoms with Crippen molar-refractivity contribution in [2.45, 2.75) is 99.0 Å². The summed E-state index contributed by atoms with van der Waals surface area (Å²) in [5.41, 5.74) is 6.76. The lowest BCUT2D eigenvalue weighted by molar-refractivity contribution is 0.238. The first-order valence-electron chi connectivity index (χ1n) is 23.2. The van der Waals surface area contributed by atoms with Crippen LogP contribution in [-0.2, 0) is 0 Å². The van der Waals surface area contributed by atoms with E-state index in [1.807, 2.05) is 42.5 Å². The molecule has 0 saturated carbocycles. The van der Waals surface area contributed by atoms with Gasteiger partial charge in [0.05, 0.1) is 23.1 Å². The van der Waals surface area contributed by atoms with E-state index in [9.17, 15) is 9.59 Å².